The predicted octanol–water partition coefficient (Wildman–Crippen LogP) is 4.72. The van der Waals surface area contributed by atoms with Crippen LogP contribution in [0.3, 0.4) is 0 Å². The molecule has 1 heterocycles. The lowest BCUT2D eigenvalue weighted by Gasteiger charge is -2.38. The standard InChI is InChI=1S/C16H13Cl3N2O/c17-9-3-4-10(13(19)8-9)11-5-6-14(11)21-16(22)15-12(18)2-1-7-20-15/h1-4,7-8,11,14H,5-6H2,(H,21,22)/t11-,14-/m0/s1. The molecule has 1 aliphatic rings. The molecule has 2 aromatic rings. The fourth-order valence-electron chi connectivity index (χ4n) is 2.64. The number of aromatic nitrogens is 1. The summed E-state index contributed by atoms with van der Waals surface area (Å²) in [4.78, 5) is 16.3. The van der Waals surface area contributed by atoms with Gasteiger partial charge in [-0.25, -0.2) is 4.98 Å². The maximum absolute atomic E-state index is 12.3. The highest BCUT2D eigenvalue weighted by molar-refractivity contribution is 6.35. The minimum Gasteiger partial charge on any atom is -0.347 e. The Hall–Kier alpha value is -1.29. The molecule has 0 spiro atoms. The second-order valence-electron chi connectivity index (χ2n) is 5.26. The third-order valence-corrected chi connectivity index (χ3v) is 4.79. The summed E-state index contributed by atoms with van der Waals surface area (Å²) in [7, 11) is 0. The van der Waals surface area contributed by atoms with Gasteiger partial charge in [-0.2, -0.15) is 0 Å². The Morgan fingerprint density at radius 1 is 1.14 bits per heavy atom. The molecule has 0 radical (unpaired) electrons. The highest BCUT2D eigenvalue weighted by Crippen LogP contribution is 2.41. The van der Waals surface area contributed by atoms with Crippen LogP contribution >= 0.6 is 34.8 Å². The van der Waals surface area contributed by atoms with E-state index in [4.69, 9.17) is 34.8 Å². The summed E-state index contributed by atoms with van der Waals surface area (Å²) in [5.74, 6) is -0.0680. The van der Waals surface area contributed by atoms with Gasteiger partial charge in [-0.3, -0.25) is 4.79 Å². The van der Waals surface area contributed by atoms with E-state index in [9.17, 15) is 4.79 Å². The molecule has 0 bridgehead atoms. The largest absolute Gasteiger partial charge is 0.347 e. The molecular weight excluding hydrogens is 343 g/mol. The van der Waals surface area contributed by atoms with Gasteiger partial charge in [-0.15, -0.1) is 0 Å². The van der Waals surface area contributed by atoms with Crippen molar-refractivity contribution < 1.29 is 4.79 Å². The molecule has 0 aliphatic heterocycles. The molecule has 2 atom stereocenters. The summed E-state index contributed by atoms with van der Waals surface area (Å²) < 4.78 is 0. The lowest BCUT2D eigenvalue weighted by Crippen LogP contribution is -2.45. The first-order valence-corrected chi connectivity index (χ1v) is 8.06. The molecule has 0 saturated heterocycles. The number of pyridine rings is 1. The molecule has 22 heavy (non-hydrogen) atoms. The van der Waals surface area contributed by atoms with E-state index in [0.29, 0.717) is 15.1 Å². The number of hydrogen-bond donors (Lipinski definition) is 1. The Bertz CT molecular complexity index is 720. The Balaban J connectivity index is 1.74. The maximum Gasteiger partial charge on any atom is 0.271 e. The van der Waals surface area contributed by atoms with Gasteiger partial charge in [0, 0.05) is 28.2 Å². The quantitative estimate of drug-likeness (QED) is 0.865. The van der Waals surface area contributed by atoms with Crippen molar-refractivity contribution in [1.82, 2.24) is 10.3 Å². The van der Waals surface area contributed by atoms with Crippen LogP contribution in [0, 0.1) is 0 Å². The zero-order valence-corrected chi connectivity index (χ0v) is 13.8. The minimum absolute atomic E-state index is 0.0317. The van der Waals surface area contributed by atoms with Crippen molar-refractivity contribution in [2.45, 2.75) is 24.8 Å². The van der Waals surface area contributed by atoms with E-state index in [0.717, 1.165) is 18.4 Å². The topological polar surface area (TPSA) is 42.0 Å². The van der Waals surface area contributed by atoms with Gasteiger partial charge in [0.15, 0.2) is 0 Å². The molecule has 1 aromatic carbocycles. The molecule has 1 fully saturated rings. The minimum atomic E-state index is -0.259. The smallest absolute Gasteiger partial charge is 0.271 e. The summed E-state index contributed by atoms with van der Waals surface area (Å²) >= 11 is 18.2. The number of rotatable bonds is 3. The molecule has 1 saturated carbocycles. The number of nitrogens with one attached hydrogen (secondary N) is 1. The highest BCUT2D eigenvalue weighted by Gasteiger charge is 2.35. The fraction of sp³-hybridized carbons (Fsp3) is 0.250. The van der Waals surface area contributed by atoms with Crippen LogP contribution in [-0.2, 0) is 0 Å². The van der Waals surface area contributed by atoms with Crippen molar-refractivity contribution in [2.24, 2.45) is 0 Å². The third kappa shape index (κ3) is 3.07. The van der Waals surface area contributed by atoms with Gasteiger partial charge in [0.2, 0.25) is 0 Å². The first-order valence-electron chi connectivity index (χ1n) is 6.92. The molecule has 1 N–H and O–H groups in total. The van der Waals surface area contributed by atoms with Crippen molar-refractivity contribution in [3.05, 3.63) is 62.9 Å². The van der Waals surface area contributed by atoms with E-state index in [1.165, 1.54) is 0 Å². The fourth-order valence-corrected chi connectivity index (χ4v) is 3.39. The van der Waals surface area contributed by atoms with Gasteiger partial charge < -0.3 is 5.32 Å². The summed E-state index contributed by atoms with van der Waals surface area (Å²) in [6.45, 7) is 0. The average Bonchev–Trinajstić information content (AvgIpc) is 2.46. The van der Waals surface area contributed by atoms with Crippen molar-refractivity contribution in [3.8, 4) is 0 Å². The number of carbonyl (C=O) groups excluding carboxylic acids is 1. The summed E-state index contributed by atoms with van der Waals surface area (Å²) in [5.41, 5.74) is 1.26. The van der Waals surface area contributed by atoms with Gasteiger partial charge >= 0.3 is 0 Å². The van der Waals surface area contributed by atoms with E-state index in [2.05, 4.69) is 10.3 Å². The van der Waals surface area contributed by atoms with E-state index in [1.807, 2.05) is 12.1 Å². The normalized spacial score (nSPS) is 20.3. The Kier molecular flexibility index (Phi) is 4.57. The molecular formula is C16H13Cl3N2O. The first-order chi connectivity index (χ1) is 10.6. The van der Waals surface area contributed by atoms with E-state index < -0.39 is 0 Å². The second-order valence-corrected chi connectivity index (χ2v) is 6.51. The van der Waals surface area contributed by atoms with Gasteiger partial charge in [0.05, 0.1) is 5.02 Å². The number of benzene rings is 1. The molecule has 1 aliphatic carbocycles. The number of carbonyl (C=O) groups is 1. The molecule has 114 valence electrons. The van der Waals surface area contributed by atoms with E-state index in [-0.39, 0.29) is 23.6 Å². The molecule has 0 unspecified atom stereocenters. The van der Waals surface area contributed by atoms with Crippen LogP contribution in [-0.4, -0.2) is 16.9 Å². The third-order valence-electron chi connectivity index (χ3n) is 3.93. The highest BCUT2D eigenvalue weighted by atomic mass is 35.5. The number of halogens is 3. The number of amides is 1. The molecule has 1 amide bonds. The Morgan fingerprint density at radius 2 is 1.95 bits per heavy atom. The zero-order valence-electron chi connectivity index (χ0n) is 11.5. The molecule has 1 aromatic heterocycles. The SMILES string of the molecule is O=C(N[C@H]1CC[C@H]1c1ccc(Cl)cc1Cl)c1ncccc1Cl. The second kappa shape index (κ2) is 6.45. The summed E-state index contributed by atoms with van der Waals surface area (Å²) in [5, 5.41) is 4.57. The van der Waals surface area contributed by atoms with Crippen LogP contribution in [0.1, 0.15) is 34.8 Å². The van der Waals surface area contributed by atoms with Crippen molar-refractivity contribution >= 4 is 40.7 Å². The maximum atomic E-state index is 12.3. The number of nitrogens with zero attached hydrogens (tertiary/aromatic N) is 1. The van der Waals surface area contributed by atoms with Gasteiger partial charge in [0.1, 0.15) is 5.69 Å². The number of hydrogen-bond acceptors (Lipinski definition) is 2. The Morgan fingerprint density at radius 3 is 2.59 bits per heavy atom. The summed E-state index contributed by atoms with van der Waals surface area (Å²) in [6, 6.07) is 8.84. The molecule has 3 nitrogen and oxygen atoms in total. The lowest BCUT2D eigenvalue weighted by atomic mass is 9.75. The van der Waals surface area contributed by atoms with Gasteiger partial charge in [0.25, 0.3) is 5.91 Å². The van der Waals surface area contributed by atoms with E-state index in [1.54, 1.807) is 24.4 Å². The Labute approximate surface area is 143 Å². The van der Waals surface area contributed by atoms with Crippen LogP contribution in [0.15, 0.2) is 36.5 Å². The molecule has 6 heteroatoms. The lowest BCUT2D eigenvalue weighted by molar-refractivity contribution is 0.0900. The monoisotopic (exact) mass is 354 g/mol. The predicted molar refractivity (Wildman–Crippen MR) is 88.9 cm³/mol. The van der Waals surface area contributed by atoms with Crippen LogP contribution in [0.4, 0.5) is 0 Å². The van der Waals surface area contributed by atoms with E-state index >= 15 is 0 Å². The van der Waals surface area contributed by atoms with Crippen LogP contribution in [0.2, 0.25) is 15.1 Å². The van der Waals surface area contributed by atoms with Gasteiger partial charge in [-0.05, 0) is 42.7 Å². The van der Waals surface area contributed by atoms with Crippen molar-refractivity contribution in [2.75, 3.05) is 0 Å². The van der Waals surface area contributed by atoms with Crippen LogP contribution in [0.25, 0.3) is 0 Å². The average molecular weight is 356 g/mol. The molecule has 3 rings (SSSR count). The zero-order chi connectivity index (χ0) is 15.7. The van der Waals surface area contributed by atoms with Crippen molar-refractivity contribution in [3.63, 3.8) is 0 Å². The summed E-state index contributed by atoms with van der Waals surface area (Å²) in [6.07, 6.45) is 3.43. The first kappa shape index (κ1) is 15.6. The van der Waals surface area contributed by atoms with Crippen molar-refractivity contribution in [1.29, 1.82) is 0 Å². The van der Waals surface area contributed by atoms with Gasteiger partial charge in [-0.1, -0.05) is 40.9 Å². The van der Waals surface area contributed by atoms with Crippen LogP contribution in [0.5, 0.6) is 0 Å². The van der Waals surface area contributed by atoms with Crippen LogP contribution < -0.4 is 5.32 Å².